The van der Waals surface area contributed by atoms with E-state index in [2.05, 4.69) is 15.6 Å². The fraction of sp³-hybridized carbons (Fsp3) is 0.692. The number of nitrogens with one attached hydrogen (secondary N) is 2. The molecule has 0 aliphatic heterocycles. The molecule has 4 nitrogen and oxygen atoms in total. The molecule has 0 bridgehead atoms. The Hall–Kier alpha value is -0.940. The SMILES string of the molecule is CNCCCC(=O)NC1(c2nccs2)CCCC1. The third-order valence-electron chi connectivity index (χ3n) is 3.51. The predicted octanol–water partition coefficient (Wildman–Crippen LogP) is 2.03. The highest BCUT2D eigenvalue weighted by atomic mass is 32.1. The van der Waals surface area contributed by atoms with Crippen LogP contribution in [0.5, 0.6) is 0 Å². The van der Waals surface area contributed by atoms with Crippen LogP contribution in [0.15, 0.2) is 11.6 Å². The summed E-state index contributed by atoms with van der Waals surface area (Å²) in [6, 6.07) is 0. The van der Waals surface area contributed by atoms with Gasteiger partial charge in [0.15, 0.2) is 0 Å². The average molecular weight is 267 g/mol. The van der Waals surface area contributed by atoms with Crippen LogP contribution in [0.25, 0.3) is 0 Å². The third-order valence-corrected chi connectivity index (χ3v) is 4.49. The molecule has 1 aromatic heterocycles. The third kappa shape index (κ3) is 3.09. The number of rotatable bonds is 6. The maximum absolute atomic E-state index is 12.0. The summed E-state index contributed by atoms with van der Waals surface area (Å²) >= 11 is 1.65. The van der Waals surface area contributed by atoms with Gasteiger partial charge >= 0.3 is 0 Å². The van der Waals surface area contributed by atoms with Crippen LogP contribution in [0.1, 0.15) is 43.5 Å². The molecule has 1 saturated carbocycles. The second kappa shape index (κ2) is 6.29. The lowest BCUT2D eigenvalue weighted by molar-refractivity contribution is -0.123. The van der Waals surface area contributed by atoms with Crippen LogP contribution < -0.4 is 10.6 Å². The van der Waals surface area contributed by atoms with Gasteiger partial charge in [0.25, 0.3) is 0 Å². The molecule has 0 saturated heterocycles. The van der Waals surface area contributed by atoms with Crippen LogP contribution in [0.3, 0.4) is 0 Å². The van der Waals surface area contributed by atoms with Crippen molar-refractivity contribution in [3.8, 4) is 0 Å². The van der Waals surface area contributed by atoms with E-state index >= 15 is 0 Å². The van der Waals surface area contributed by atoms with Crippen molar-refractivity contribution in [3.05, 3.63) is 16.6 Å². The van der Waals surface area contributed by atoms with Crippen molar-refractivity contribution in [2.24, 2.45) is 0 Å². The summed E-state index contributed by atoms with van der Waals surface area (Å²) in [4.78, 5) is 16.4. The predicted molar refractivity (Wildman–Crippen MR) is 73.6 cm³/mol. The highest BCUT2D eigenvalue weighted by molar-refractivity contribution is 7.09. The summed E-state index contributed by atoms with van der Waals surface area (Å²) in [5.41, 5.74) is -0.176. The Labute approximate surface area is 112 Å². The van der Waals surface area contributed by atoms with Gasteiger partial charge in [-0.25, -0.2) is 4.98 Å². The van der Waals surface area contributed by atoms with Gasteiger partial charge < -0.3 is 10.6 Å². The van der Waals surface area contributed by atoms with E-state index < -0.39 is 0 Å². The molecular formula is C13H21N3OS. The number of thiazole rings is 1. The van der Waals surface area contributed by atoms with Gasteiger partial charge in [0.1, 0.15) is 5.01 Å². The van der Waals surface area contributed by atoms with Crippen molar-refractivity contribution in [1.82, 2.24) is 15.6 Å². The average Bonchev–Trinajstić information content (AvgIpc) is 2.99. The van der Waals surface area contributed by atoms with Crippen molar-refractivity contribution < 1.29 is 4.79 Å². The molecule has 1 amide bonds. The summed E-state index contributed by atoms with van der Waals surface area (Å²) < 4.78 is 0. The smallest absolute Gasteiger partial charge is 0.220 e. The molecule has 0 aromatic carbocycles. The molecule has 1 aliphatic carbocycles. The molecule has 0 spiro atoms. The van der Waals surface area contributed by atoms with E-state index in [0.29, 0.717) is 6.42 Å². The normalized spacial score (nSPS) is 17.8. The highest BCUT2D eigenvalue weighted by Crippen LogP contribution is 2.39. The Morgan fingerprint density at radius 2 is 2.28 bits per heavy atom. The first-order chi connectivity index (χ1) is 8.77. The Morgan fingerprint density at radius 3 is 2.89 bits per heavy atom. The van der Waals surface area contributed by atoms with Crippen LogP contribution in [0.4, 0.5) is 0 Å². The van der Waals surface area contributed by atoms with Gasteiger partial charge in [0.2, 0.25) is 5.91 Å². The molecule has 0 radical (unpaired) electrons. The Kier molecular flexibility index (Phi) is 4.72. The molecule has 1 aliphatic rings. The van der Waals surface area contributed by atoms with Gasteiger partial charge in [0, 0.05) is 18.0 Å². The molecule has 1 heterocycles. The zero-order chi connectivity index (χ0) is 12.8. The van der Waals surface area contributed by atoms with E-state index in [1.807, 2.05) is 18.6 Å². The van der Waals surface area contributed by atoms with Gasteiger partial charge in [-0.1, -0.05) is 12.8 Å². The number of nitrogens with zero attached hydrogens (tertiary/aromatic N) is 1. The first kappa shape index (κ1) is 13.5. The minimum absolute atomic E-state index is 0.155. The van der Waals surface area contributed by atoms with Crippen LogP contribution >= 0.6 is 11.3 Å². The summed E-state index contributed by atoms with van der Waals surface area (Å²) in [7, 11) is 1.91. The maximum Gasteiger partial charge on any atom is 0.220 e. The zero-order valence-corrected chi connectivity index (χ0v) is 11.7. The maximum atomic E-state index is 12.0. The molecule has 1 aromatic rings. The lowest BCUT2D eigenvalue weighted by Gasteiger charge is -2.28. The van der Waals surface area contributed by atoms with Crippen molar-refractivity contribution in [3.63, 3.8) is 0 Å². The van der Waals surface area contributed by atoms with Crippen molar-refractivity contribution in [2.75, 3.05) is 13.6 Å². The molecule has 0 unspecified atom stereocenters. The fourth-order valence-electron chi connectivity index (χ4n) is 2.59. The minimum Gasteiger partial charge on any atom is -0.344 e. The molecule has 2 N–H and O–H groups in total. The second-order valence-electron chi connectivity index (χ2n) is 4.88. The number of carbonyl (C=O) groups is 1. The quantitative estimate of drug-likeness (QED) is 0.775. The fourth-order valence-corrected chi connectivity index (χ4v) is 3.44. The van der Waals surface area contributed by atoms with Gasteiger partial charge in [-0.15, -0.1) is 11.3 Å². The van der Waals surface area contributed by atoms with Crippen LogP contribution in [-0.4, -0.2) is 24.5 Å². The Balaban J connectivity index is 1.97. The van der Waals surface area contributed by atoms with Gasteiger partial charge in [-0.05, 0) is 32.9 Å². The van der Waals surface area contributed by atoms with E-state index in [1.54, 1.807) is 11.3 Å². The first-order valence-corrected chi connectivity index (χ1v) is 7.50. The number of carbonyl (C=O) groups excluding carboxylic acids is 1. The molecule has 0 atom stereocenters. The molecule has 100 valence electrons. The molecule has 1 fully saturated rings. The highest BCUT2D eigenvalue weighted by Gasteiger charge is 2.38. The Bertz CT molecular complexity index is 372. The lowest BCUT2D eigenvalue weighted by atomic mass is 9.98. The standard InChI is InChI=1S/C13H21N3OS/c1-14-8-4-5-11(17)16-13(6-2-3-7-13)12-15-9-10-18-12/h9-10,14H,2-8H2,1H3,(H,16,17). The van der Waals surface area contributed by atoms with E-state index in [4.69, 9.17) is 0 Å². The topological polar surface area (TPSA) is 54.0 Å². The van der Waals surface area contributed by atoms with E-state index in [0.717, 1.165) is 30.8 Å². The van der Waals surface area contributed by atoms with Crippen molar-refractivity contribution in [1.29, 1.82) is 0 Å². The monoisotopic (exact) mass is 267 g/mol. The first-order valence-electron chi connectivity index (χ1n) is 6.62. The van der Waals surface area contributed by atoms with Crippen LogP contribution in [0.2, 0.25) is 0 Å². The number of hydrogen-bond acceptors (Lipinski definition) is 4. The number of amides is 1. The van der Waals surface area contributed by atoms with Crippen LogP contribution in [0, 0.1) is 0 Å². The van der Waals surface area contributed by atoms with E-state index in [-0.39, 0.29) is 11.4 Å². The molecular weight excluding hydrogens is 246 g/mol. The molecule has 2 rings (SSSR count). The zero-order valence-electron chi connectivity index (χ0n) is 10.9. The van der Waals surface area contributed by atoms with Crippen molar-refractivity contribution >= 4 is 17.2 Å². The van der Waals surface area contributed by atoms with E-state index in [1.165, 1.54) is 12.8 Å². The van der Waals surface area contributed by atoms with E-state index in [9.17, 15) is 4.79 Å². The summed E-state index contributed by atoms with van der Waals surface area (Å²) in [6.45, 7) is 0.887. The largest absolute Gasteiger partial charge is 0.344 e. The second-order valence-corrected chi connectivity index (χ2v) is 5.78. The summed E-state index contributed by atoms with van der Waals surface area (Å²) in [6.07, 6.45) is 7.71. The van der Waals surface area contributed by atoms with Crippen LogP contribution in [-0.2, 0) is 10.3 Å². The summed E-state index contributed by atoms with van der Waals surface area (Å²) in [5, 5.41) is 9.36. The minimum atomic E-state index is -0.176. The van der Waals surface area contributed by atoms with Gasteiger partial charge in [0.05, 0.1) is 5.54 Å². The number of aromatic nitrogens is 1. The molecule has 5 heteroatoms. The summed E-state index contributed by atoms with van der Waals surface area (Å²) in [5.74, 6) is 0.155. The number of hydrogen-bond donors (Lipinski definition) is 2. The molecule has 18 heavy (non-hydrogen) atoms. The lowest BCUT2D eigenvalue weighted by Crippen LogP contribution is -2.43. The van der Waals surface area contributed by atoms with Gasteiger partial charge in [-0.2, -0.15) is 0 Å². The Morgan fingerprint density at radius 1 is 1.50 bits per heavy atom. The van der Waals surface area contributed by atoms with Gasteiger partial charge in [-0.3, -0.25) is 4.79 Å². The van der Waals surface area contributed by atoms with Crippen molar-refractivity contribution in [2.45, 2.75) is 44.1 Å².